The van der Waals surface area contributed by atoms with E-state index in [-0.39, 0.29) is 24.4 Å². The van der Waals surface area contributed by atoms with E-state index in [2.05, 4.69) is 83.1 Å². The Morgan fingerprint density at radius 1 is 0.378 bits per heavy atom. The molecule has 0 fully saturated rings. The van der Waals surface area contributed by atoms with E-state index in [0.717, 1.165) is 77.0 Å². The van der Waals surface area contributed by atoms with Crippen molar-refractivity contribution in [1.82, 2.24) is 0 Å². The van der Waals surface area contributed by atoms with Crippen LogP contribution in [0.3, 0.4) is 0 Å². The molecule has 4 nitrogen and oxygen atoms in total. The van der Waals surface area contributed by atoms with Crippen molar-refractivity contribution >= 4 is 9.05 Å². The number of hydrogen-bond acceptors (Lipinski definition) is 4. The van der Waals surface area contributed by atoms with E-state index < -0.39 is 9.05 Å². The minimum atomic E-state index is -3.51. The van der Waals surface area contributed by atoms with E-state index >= 15 is 0 Å². The summed E-state index contributed by atoms with van der Waals surface area (Å²) in [7, 11) is -3.51. The van der Waals surface area contributed by atoms with Gasteiger partial charge in [0.05, 0.1) is 24.4 Å². The Bertz CT molecular complexity index is 437. The lowest BCUT2D eigenvalue weighted by atomic mass is 9.98. The molecule has 0 bridgehead atoms. The molecule has 0 N–H and O–H groups in total. The first kappa shape index (κ1) is 37.1. The van der Waals surface area contributed by atoms with E-state index in [0.29, 0.717) is 23.7 Å². The van der Waals surface area contributed by atoms with Crippen LogP contribution in [-0.2, 0) is 17.7 Å². The second kappa shape index (κ2) is 20.9. The summed E-state index contributed by atoms with van der Waals surface area (Å²) in [5.41, 5.74) is 0. The van der Waals surface area contributed by atoms with Gasteiger partial charge in [0.2, 0.25) is 0 Å². The molecule has 0 saturated carbocycles. The minimum absolute atomic E-state index is 0.0827. The SMILES string of the molecule is CCCC(O[Si](OC(CCC)C(C)CC)(OC(CCC)C(C)CC)OC(CCC)C(C)CC)C(C)CC. The van der Waals surface area contributed by atoms with Crippen LogP contribution in [0, 0.1) is 23.7 Å². The minimum Gasteiger partial charge on any atom is -0.348 e. The third kappa shape index (κ3) is 13.3. The molecule has 0 radical (unpaired) electrons. The molecule has 8 atom stereocenters. The van der Waals surface area contributed by atoms with Gasteiger partial charge in [-0.25, -0.2) is 0 Å². The summed E-state index contributed by atoms with van der Waals surface area (Å²) in [4.78, 5) is 0. The molecule has 5 heteroatoms. The topological polar surface area (TPSA) is 36.9 Å². The third-order valence-electron chi connectivity index (χ3n) is 8.59. The Balaban J connectivity index is 6.88. The summed E-state index contributed by atoms with van der Waals surface area (Å²) < 4.78 is 28.9. The lowest BCUT2D eigenvalue weighted by molar-refractivity contribution is -0.135. The predicted molar refractivity (Wildman–Crippen MR) is 163 cm³/mol. The summed E-state index contributed by atoms with van der Waals surface area (Å²) in [5.74, 6) is 1.71. The van der Waals surface area contributed by atoms with Gasteiger partial charge in [0.15, 0.2) is 0 Å². The Labute approximate surface area is 234 Å². The summed E-state index contributed by atoms with van der Waals surface area (Å²) in [5, 5.41) is 0. The fourth-order valence-electron chi connectivity index (χ4n) is 4.94. The monoisotopic (exact) mass is 544 g/mol. The van der Waals surface area contributed by atoms with Crippen LogP contribution in [0.4, 0.5) is 0 Å². The van der Waals surface area contributed by atoms with E-state index in [1.165, 1.54) is 0 Å². The van der Waals surface area contributed by atoms with Crippen molar-refractivity contribution in [2.75, 3.05) is 0 Å². The van der Waals surface area contributed by atoms with Crippen molar-refractivity contribution in [3.05, 3.63) is 0 Å². The smallest absolute Gasteiger partial charge is 0.348 e. The lowest BCUT2D eigenvalue weighted by Crippen LogP contribution is -2.59. The molecule has 37 heavy (non-hydrogen) atoms. The molecule has 0 saturated heterocycles. The molecule has 0 amide bonds. The van der Waals surface area contributed by atoms with Crippen LogP contribution in [0.15, 0.2) is 0 Å². The molecule has 0 aromatic rings. The fraction of sp³-hybridized carbons (Fsp3) is 1.00. The highest BCUT2D eigenvalue weighted by Crippen LogP contribution is 2.34. The highest BCUT2D eigenvalue weighted by atomic mass is 28.4. The van der Waals surface area contributed by atoms with Crippen LogP contribution in [-0.4, -0.2) is 33.5 Å². The second-order valence-corrected chi connectivity index (χ2v) is 13.8. The van der Waals surface area contributed by atoms with Gasteiger partial charge in [-0.3, -0.25) is 0 Å². The number of rotatable bonds is 24. The van der Waals surface area contributed by atoms with Gasteiger partial charge in [0.25, 0.3) is 0 Å². The van der Waals surface area contributed by atoms with Crippen molar-refractivity contribution in [1.29, 1.82) is 0 Å². The molecule has 0 rings (SSSR count). The van der Waals surface area contributed by atoms with Crippen LogP contribution in [0.2, 0.25) is 0 Å². The van der Waals surface area contributed by atoms with Gasteiger partial charge in [-0.05, 0) is 49.4 Å². The highest BCUT2D eigenvalue weighted by Gasteiger charge is 2.54. The molecule has 0 aliphatic rings. The first-order chi connectivity index (χ1) is 17.6. The van der Waals surface area contributed by atoms with Crippen molar-refractivity contribution < 1.29 is 17.7 Å². The van der Waals surface area contributed by atoms with Crippen LogP contribution in [0.25, 0.3) is 0 Å². The molecule has 0 aliphatic heterocycles. The molecule has 8 unspecified atom stereocenters. The average molecular weight is 545 g/mol. The van der Waals surface area contributed by atoms with Gasteiger partial charge in [-0.15, -0.1) is 0 Å². The van der Waals surface area contributed by atoms with Crippen molar-refractivity contribution in [2.45, 2.75) is 185 Å². The predicted octanol–water partition coefficient (Wildman–Crippen LogP) is 10.3. The first-order valence-electron chi connectivity index (χ1n) is 16.3. The lowest BCUT2D eigenvalue weighted by Gasteiger charge is -2.42. The molecule has 0 spiro atoms. The zero-order chi connectivity index (χ0) is 28.4. The summed E-state index contributed by atoms with van der Waals surface area (Å²) in [6, 6.07) is 0. The van der Waals surface area contributed by atoms with E-state index in [4.69, 9.17) is 17.7 Å². The summed E-state index contributed by atoms with van der Waals surface area (Å²) >= 11 is 0. The third-order valence-corrected chi connectivity index (χ3v) is 11.0. The van der Waals surface area contributed by atoms with Gasteiger partial charge >= 0.3 is 9.05 Å². The van der Waals surface area contributed by atoms with Crippen LogP contribution in [0.1, 0.15) is 160 Å². The van der Waals surface area contributed by atoms with E-state index in [1.54, 1.807) is 0 Å². The van der Waals surface area contributed by atoms with E-state index in [9.17, 15) is 0 Å². The highest BCUT2D eigenvalue weighted by molar-refractivity contribution is 6.53. The summed E-state index contributed by atoms with van der Waals surface area (Å²) in [6.07, 6.45) is 13.0. The Morgan fingerprint density at radius 2 is 0.568 bits per heavy atom. The van der Waals surface area contributed by atoms with E-state index in [1.807, 2.05) is 0 Å². The molecule has 0 aromatic heterocycles. The van der Waals surface area contributed by atoms with Gasteiger partial charge in [0, 0.05) is 0 Å². The van der Waals surface area contributed by atoms with Gasteiger partial charge < -0.3 is 17.7 Å². The first-order valence-corrected chi connectivity index (χ1v) is 18.0. The molecular formula is C32H68O4Si. The standard InChI is InChI=1S/C32H68O4Si/c1-13-21-29(25(9)17-5)33-37(34-30(22-14-2)26(10)18-6,35-31(23-15-3)27(11)19-7)36-32(24-16-4)28(12)20-8/h25-32H,13-24H2,1-12H3. The molecular weight excluding hydrogens is 476 g/mol. The zero-order valence-electron chi connectivity index (χ0n) is 27.2. The molecule has 0 heterocycles. The summed E-state index contributed by atoms with van der Waals surface area (Å²) in [6.45, 7) is 27.3. The van der Waals surface area contributed by atoms with Crippen molar-refractivity contribution in [2.24, 2.45) is 23.7 Å². The maximum atomic E-state index is 7.22. The van der Waals surface area contributed by atoms with Crippen LogP contribution in [0.5, 0.6) is 0 Å². The van der Waals surface area contributed by atoms with Gasteiger partial charge in [-0.2, -0.15) is 0 Å². The quantitative estimate of drug-likeness (QED) is 0.113. The maximum absolute atomic E-state index is 7.22. The van der Waals surface area contributed by atoms with Crippen LogP contribution >= 0.6 is 0 Å². The van der Waals surface area contributed by atoms with Gasteiger partial charge in [0.1, 0.15) is 0 Å². The normalized spacial score (nSPS) is 20.4. The Morgan fingerprint density at radius 3 is 0.703 bits per heavy atom. The molecule has 0 aliphatic carbocycles. The van der Waals surface area contributed by atoms with Crippen molar-refractivity contribution in [3.8, 4) is 0 Å². The maximum Gasteiger partial charge on any atom is 0.680 e. The zero-order valence-corrected chi connectivity index (χ0v) is 28.2. The average Bonchev–Trinajstić information content (AvgIpc) is 2.90. The molecule has 0 aromatic carbocycles. The Hall–Kier alpha value is 0.0569. The number of hydrogen-bond donors (Lipinski definition) is 0. The van der Waals surface area contributed by atoms with Crippen LogP contribution < -0.4 is 0 Å². The second-order valence-electron chi connectivity index (χ2n) is 11.8. The molecule has 224 valence electrons. The Kier molecular flexibility index (Phi) is 20.9. The fourth-order valence-corrected chi connectivity index (χ4v) is 8.15. The van der Waals surface area contributed by atoms with Crippen molar-refractivity contribution in [3.63, 3.8) is 0 Å². The largest absolute Gasteiger partial charge is 0.680 e. The van der Waals surface area contributed by atoms with Gasteiger partial charge in [-0.1, -0.05) is 134 Å².